The van der Waals surface area contributed by atoms with Crippen LogP contribution in [-0.4, -0.2) is 34.4 Å². The van der Waals surface area contributed by atoms with E-state index in [0.29, 0.717) is 28.7 Å². The number of rotatable bonds is 4. The summed E-state index contributed by atoms with van der Waals surface area (Å²) in [4.78, 5) is 9.13. The molecule has 2 aromatic carbocycles. The largest absolute Gasteiger partial charge is 0.493 e. The number of nitrogens with one attached hydrogen (secondary N) is 1. The molecule has 3 N–H and O–H groups in total. The molecule has 0 saturated carbocycles. The Morgan fingerprint density at radius 2 is 1.69 bits per heavy atom. The van der Waals surface area contributed by atoms with Gasteiger partial charge in [0.25, 0.3) is 0 Å². The van der Waals surface area contributed by atoms with Crippen LogP contribution in [0.5, 0.6) is 11.5 Å². The van der Waals surface area contributed by atoms with Crippen LogP contribution in [0.2, 0.25) is 0 Å². The van der Waals surface area contributed by atoms with E-state index in [2.05, 4.69) is 20.2 Å². The Morgan fingerprint density at radius 3 is 2.42 bits per heavy atom. The average Bonchev–Trinajstić information content (AvgIpc) is 3.22. The summed E-state index contributed by atoms with van der Waals surface area (Å²) in [5.74, 6) is 2.11. The lowest BCUT2D eigenvalue weighted by atomic mass is 10.1. The summed E-state index contributed by atoms with van der Waals surface area (Å²) in [6.07, 6.45) is 1.71. The molecule has 0 amide bonds. The number of fused-ring (bicyclic) bond motifs is 1. The molecule has 7 heteroatoms. The summed E-state index contributed by atoms with van der Waals surface area (Å²) in [6, 6.07) is 13.4. The summed E-state index contributed by atoms with van der Waals surface area (Å²) < 4.78 is 10.7. The van der Waals surface area contributed by atoms with Crippen molar-refractivity contribution >= 4 is 16.7 Å². The molecular formula is C19H17N5O2. The van der Waals surface area contributed by atoms with Gasteiger partial charge in [0, 0.05) is 28.8 Å². The fourth-order valence-corrected chi connectivity index (χ4v) is 2.85. The highest BCUT2D eigenvalue weighted by Crippen LogP contribution is 2.34. The fraction of sp³-hybridized carbons (Fsp3) is 0.105. The second-order valence-corrected chi connectivity index (χ2v) is 5.71. The number of hydrogen-bond acceptors (Lipinski definition) is 6. The van der Waals surface area contributed by atoms with Crippen LogP contribution < -0.4 is 15.2 Å². The van der Waals surface area contributed by atoms with Gasteiger partial charge in [0.15, 0.2) is 17.3 Å². The van der Waals surface area contributed by atoms with Crippen LogP contribution >= 0.6 is 0 Å². The van der Waals surface area contributed by atoms with Gasteiger partial charge in [-0.3, -0.25) is 5.10 Å². The minimum atomic E-state index is 0.387. The van der Waals surface area contributed by atoms with E-state index in [9.17, 15) is 0 Å². The molecule has 0 saturated heterocycles. The quantitative estimate of drug-likeness (QED) is 0.588. The summed E-state index contributed by atoms with van der Waals surface area (Å²) in [7, 11) is 3.17. The second kappa shape index (κ2) is 6.36. The van der Waals surface area contributed by atoms with E-state index in [0.717, 1.165) is 22.2 Å². The highest BCUT2D eigenvalue weighted by molar-refractivity contribution is 5.92. The number of nitrogen functional groups attached to an aromatic ring is 1. The van der Waals surface area contributed by atoms with Crippen molar-refractivity contribution in [2.24, 2.45) is 0 Å². The fourth-order valence-electron chi connectivity index (χ4n) is 2.85. The van der Waals surface area contributed by atoms with Crippen molar-refractivity contribution in [1.82, 2.24) is 20.2 Å². The number of nitrogens with zero attached hydrogens (tertiary/aromatic N) is 3. The predicted octanol–water partition coefficient (Wildman–Crippen LogP) is 3.29. The van der Waals surface area contributed by atoms with Crippen LogP contribution in [0.3, 0.4) is 0 Å². The Balaban J connectivity index is 1.86. The molecule has 130 valence electrons. The number of aromatic amines is 1. The van der Waals surface area contributed by atoms with Gasteiger partial charge in [0.1, 0.15) is 5.82 Å². The van der Waals surface area contributed by atoms with E-state index in [1.165, 1.54) is 0 Å². The van der Waals surface area contributed by atoms with Crippen LogP contribution in [0.4, 0.5) is 5.82 Å². The number of methoxy groups -OCH3 is 2. The van der Waals surface area contributed by atoms with E-state index in [-0.39, 0.29) is 0 Å². The topological polar surface area (TPSA) is 98.9 Å². The molecule has 0 aliphatic rings. The van der Waals surface area contributed by atoms with Gasteiger partial charge in [-0.15, -0.1) is 0 Å². The van der Waals surface area contributed by atoms with Gasteiger partial charge in [-0.2, -0.15) is 5.10 Å². The monoisotopic (exact) mass is 347 g/mol. The van der Waals surface area contributed by atoms with Gasteiger partial charge < -0.3 is 15.2 Å². The third kappa shape index (κ3) is 2.69. The lowest BCUT2D eigenvalue weighted by Gasteiger charge is -2.11. The lowest BCUT2D eigenvalue weighted by Crippen LogP contribution is -1.99. The molecule has 0 aliphatic carbocycles. The van der Waals surface area contributed by atoms with Crippen molar-refractivity contribution < 1.29 is 9.47 Å². The van der Waals surface area contributed by atoms with Gasteiger partial charge in [-0.1, -0.05) is 18.2 Å². The third-order valence-electron chi connectivity index (χ3n) is 4.16. The first kappa shape index (κ1) is 15.9. The molecule has 26 heavy (non-hydrogen) atoms. The highest BCUT2D eigenvalue weighted by atomic mass is 16.5. The first-order chi connectivity index (χ1) is 12.7. The van der Waals surface area contributed by atoms with E-state index < -0.39 is 0 Å². The van der Waals surface area contributed by atoms with Crippen LogP contribution in [-0.2, 0) is 0 Å². The predicted molar refractivity (Wildman–Crippen MR) is 100 cm³/mol. The first-order valence-corrected chi connectivity index (χ1v) is 7.99. The number of anilines is 1. The highest BCUT2D eigenvalue weighted by Gasteiger charge is 2.13. The SMILES string of the molecule is COc1cc2nc(-c3cccc(-c4ccn[nH]4)c3)nc(N)c2cc1OC. The zero-order valence-corrected chi connectivity index (χ0v) is 14.4. The molecule has 0 aliphatic heterocycles. The standard InChI is InChI=1S/C19H17N5O2/c1-25-16-9-13-15(10-17(16)26-2)22-19(23-18(13)20)12-5-3-4-11(8-12)14-6-7-21-24-14/h3-10H,1-2H3,(H,21,24)(H2,20,22,23). The normalized spacial score (nSPS) is 10.8. The van der Waals surface area contributed by atoms with Crippen molar-refractivity contribution in [2.75, 3.05) is 20.0 Å². The molecule has 0 unspecified atom stereocenters. The molecule has 0 bridgehead atoms. The Labute approximate surface area is 149 Å². The van der Waals surface area contributed by atoms with Gasteiger partial charge in [-0.25, -0.2) is 9.97 Å². The summed E-state index contributed by atoms with van der Waals surface area (Å²) in [6.45, 7) is 0. The van der Waals surface area contributed by atoms with Gasteiger partial charge >= 0.3 is 0 Å². The van der Waals surface area contributed by atoms with Gasteiger partial charge in [0.2, 0.25) is 0 Å². The number of H-pyrrole nitrogens is 1. The zero-order chi connectivity index (χ0) is 18.1. The Kier molecular flexibility index (Phi) is 3.89. The summed E-state index contributed by atoms with van der Waals surface area (Å²) >= 11 is 0. The second-order valence-electron chi connectivity index (χ2n) is 5.71. The van der Waals surface area contributed by atoms with E-state index >= 15 is 0 Å². The molecule has 2 heterocycles. The third-order valence-corrected chi connectivity index (χ3v) is 4.16. The van der Waals surface area contributed by atoms with Crippen LogP contribution in [0.25, 0.3) is 33.5 Å². The van der Waals surface area contributed by atoms with Crippen molar-refractivity contribution in [3.8, 4) is 34.1 Å². The minimum Gasteiger partial charge on any atom is -0.493 e. The maximum atomic E-state index is 6.18. The van der Waals surface area contributed by atoms with Crippen molar-refractivity contribution in [3.05, 3.63) is 48.7 Å². The summed E-state index contributed by atoms with van der Waals surface area (Å²) in [5.41, 5.74) is 9.65. The van der Waals surface area contributed by atoms with Crippen molar-refractivity contribution in [2.45, 2.75) is 0 Å². The van der Waals surface area contributed by atoms with Gasteiger partial charge in [0.05, 0.1) is 25.4 Å². The summed E-state index contributed by atoms with van der Waals surface area (Å²) in [5, 5.41) is 7.66. The van der Waals surface area contributed by atoms with E-state index in [1.54, 1.807) is 32.5 Å². The molecule has 4 rings (SSSR count). The molecule has 2 aromatic heterocycles. The molecule has 7 nitrogen and oxygen atoms in total. The van der Waals surface area contributed by atoms with Gasteiger partial charge in [-0.05, 0) is 18.2 Å². The smallest absolute Gasteiger partial charge is 0.162 e. The molecule has 0 atom stereocenters. The van der Waals surface area contributed by atoms with E-state index in [1.807, 2.05) is 30.3 Å². The number of aromatic nitrogens is 4. The minimum absolute atomic E-state index is 0.387. The lowest BCUT2D eigenvalue weighted by molar-refractivity contribution is 0.356. The Morgan fingerprint density at radius 1 is 0.923 bits per heavy atom. The number of nitrogens with two attached hydrogens (primary N) is 1. The van der Waals surface area contributed by atoms with Crippen LogP contribution in [0.1, 0.15) is 0 Å². The average molecular weight is 347 g/mol. The van der Waals surface area contributed by atoms with E-state index in [4.69, 9.17) is 15.2 Å². The maximum absolute atomic E-state index is 6.18. The zero-order valence-electron chi connectivity index (χ0n) is 14.4. The molecule has 0 fully saturated rings. The first-order valence-electron chi connectivity index (χ1n) is 7.99. The number of ether oxygens (including phenoxy) is 2. The molecule has 4 aromatic rings. The van der Waals surface area contributed by atoms with Crippen LogP contribution in [0.15, 0.2) is 48.7 Å². The number of hydrogen-bond donors (Lipinski definition) is 2. The molecule has 0 radical (unpaired) electrons. The molecular weight excluding hydrogens is 330 g/mol. The molecule has 0 spiro atoms. The Hall–Kier alpha value is -3.61. The van der Waals surface area contributed by atoms with Crippen molar-refractivity contribution in [3.63, 3.8) is 0 Å². The number of benzene rings is 2. The maximum Gasteiger partial charge on any atom is 0.162 e. The Bertz CT molecular complexity index is 1080. The van der Waals surface area contributed by atoms with Crippen LogP contribution in [0, 0.1) is 0 Å². The van der Waals surface area contributed by atoms with Crippen molar-refractivity contribution in [1.29, 1.82) is 0 Å².